The number of benzene rings is 1. The van der Waals surface area contributed by atoms with Crippen molar-refractivity contribution in [2.45, 2.75) is 78.0 Å². The molecule has 1 N–H and O–H groups in total. The summed E-state index contributed by atoms with van der Waals surface area (Å²) in [7, 11) is 0. The SMILES string of the molecule is CC(C)(C)OC(=O)N1CC=C(c2ccc3c(c2)n(C(C)(C)C)c(=O)n3C2CCC(=O)NC2=O)CC1. The van der Waals surface area contributed by atoms with Crippen LogP contribution in [-0.4, -0.2) is 50.6 Å². The topological polar surface area (TPSA) is 103 Å². The van der Waals surface area contributed by atoms with Crippen LogP contribution >= 0.6 is 0 Å². The molecule has 0 saturated carbocycles. The van der Waals surface area contributed by atoms with Gasteiger partial charge >= 0.3 is 11.8 Å². The molecule has 3 amide bonds. The lowest BCUT2D eigenvalue weighted by Gasteiger charge is -2.29. The van der Waals surface area contributed by atoms with Crippen LogP contribution < -0.4 is 11.0 Å². The van der Waals surface area contributed by atoms with E-state index in [9.17, 15) is 19.2 Å². The summed E-state index contributed by atoms with van der Waals surface area (Å²) in [6.45, 7) is 12.4. The van der Waals surface area contributed by atoms with Gasteiger partial charge < -0.3 is 9.64 Å². The fourth-order valence-electron chi connectivity index (χ4n) is 4.72. The van der Waals surface area contributed by atoms with Gasteiger partial charge in [-0.3, -0.25) is 24.0 Å². The van der Waals surface area contributed by atoms with E-state index in [4.69, 9.17) is 4.74 Å². The fraction of sp³-hybridized carbons (Fsp3) is 0.538. The first kappa shape index (κ1) is 24.8. The maximum Gasteiger partial charge on any atom is 0.410 e. The van der Waals surface area contributed by atoms with Gasteiger partial charge in [-0.05, 0) is 77.7 Å². The predicted molar refractivity (Wildman–Crippen MR) is 133 cm³/mol. The van der Waals surface area contributed by atoms with Crippen LogP contribution in [-0.2, 0) is 19.9 Å². The van der Waals surface area contributed by atoms with E-state index >= 15 is 0 Å². The van der Waals surface area contributed by atoms with Gasteiger partial charge in [0.15, 0.2) is 0 Å². The van der Waals surface area contributed by atoms with Crippen LogP contribution in [0, 0.1) is 0 Å². The Kier molecular flexibility index (Phi) is 6.15. The quantitative estimate of drug-likeness (QED) is 0.660. The highest BCUT2D eigenvalue weighted by Gasteiger charge is 2.33. The van der Waals surface area contributed by atoms with Gasteiger partial charge in [-0.25, -0.2) is 9.59 Å². The molecule has 1 fully saturated rings. The molecule has 9 heteroatoms. The van der Waals surface area contributed by atoms with Gasteiger partial charge in [-0.2, -0.15) is 0 Å². The first-order chi connectivity index (χ1) is 16.3. The summed E-state index contributed by atoms with van der Waals surface area (Å²) in [5, 5.41) is 2.36. The summed E-state index contributed by atoms with van der Waals surface area (Å²) >= 11 is 0. The van der Waals surface area contributed by atoms with Crippen molar-refractivity contribution in [3.63, 3.8) is 0 Å². The lowest BCUT2D eigenvalue weighted by molar-refractivity contribution is -0.135. The van der Waals surface area contributed by atoms with Crippen LogP contribution in [0.5, 0.6) is 0 Å². The predicted octanol–water partition coefficient (Wildman–Crippen LogP) is 3.56. The second-order valence-electron chi connectivity index (χ2n) is 11.2. The number of hydrogen-bond donors (Lipinski definition) is 1. The zero-order chi connectivity index (χ0) is 25.7. The third-order valence-electron chi connectivity index (χ3n) is 6.30. The third-order valence-corrected chi connectivity index (χ3v) is 6.30. The molecule has 9 nitrogen and oxygen atoms in total. The van der Waals surface area contributed by atoms with Gasteiger partial charge in [0.05, 0.1) is 11.0 Å². The summed E-state index contributed by atoms with van der Waals surface area (Å²) in [6, 6.07) is 5.08. The van der Waals surface area contributed by atoms with Crippen molar-refractivity contribution >= 4 is 34.5 Å². The summed E-state index contributed by atoms with van der Waals surface area (Å²) in [4.78, 5) is 51.9. The molecule has 188 valence electrons. The van der Waals surface area contributed by atoms with E-state index in [0.717, 1.165) is 16.7 Å². The minimum atomic E-state index is -0.728. The van der Waals surface area contributed by atoms with Gasteiger partial charge in [-0.1, -0.05) is 12.1 Å². The second-order valence-corrected chi connectivity index (χ2v) is 11.2. The van der Waals surface area contributed by atoms with Crippen molar-refractivity contribution in [3.8, 4) is 0 Å². The zero-order valence-corrected chi connectivity index (χ0v) is 21.3. The molecule has 35 heavy (non-hydrogen) atoms. The molecule has 0 radical (unpaired) electrons. The number of imidazole rings is 1. The maximum atomic E-state index is 13.6. The van der Waals surface area contributed by atoms with Gasteiger partial charge in [0.1, 0.15) is 11.6 Å². The molecule has 0 aliphatic carbocycles. The molecule has 1 aromatic heterocycles. The average Bonchev–Trinajstić information content (AvgIpc) is 3.04. The van der Waals surface area contributed by atoms with Crippen molar-refractivity contribution in [1.82, 2.24) is 19.4 Å². The lowest BCUT2D eigenvalue weighted by atomic mass is 9.98. The van der Waals surface area contributed by atoms with Gasteiger partial charge in [-0.15, -0.1) is 0 Å². The van der Waals surface area contributed by atoms with Crippen LogP contribution in [0.25, 0.3) is 16.6 Å². The van der Waals surface area contributed by atoms with E-state index in [1.165, 1.54) is 4.57 Å². The molecule has 3 heterocycles. The number of fused-ring (bicyclic) bond motifs is 1. The van der Waals surface area contributed by atoms with Crippen LogP contribution in [0.4, 0.5) is 4.79 Å². The molecule has 1 saturated heterocycles. The Hall–Kier alpha value is -3.36. The summed E-state index contributed by atoms with van der Waals surface area (Å²) in [6.07, 6.45) is 2.85. The molecular weight excluding hydrogens is 448 g/mol. The van der Waals surface area contributed by atoms with Gasteiger partial charge in [0.2, 0.25) is 11.8 Å². The number of ether oxygens (including phenoxy) is 1. The van der Waals surface area contributed by atoms with Crippen molar-refractivity contribution < 1.29 is 19.1 Å². The van der Waals surface area contributed by atoms with Crippen LogP contribution in [0.1, 0.15) is 72.4 Å². The number of carbonyl (C=O) groups is 3. The minimum absolute atomic E-state index is 0.199. The summed E-state index contributed by atoms with van der Waals surface area (Å²) in [5.74, 6) is -0.761. The van der Waals surface area contributed by atoms with Crippen LogP contribution in [0.2, 0.25) is 0 Å². The Labute approximate surface area is 204 Å². The average molecular weight is 483 g/mol. The number of carbonyl (C=O) groups excluding carboxylic acids is 3. The molecule has 0 spiro atoms. The van der Waals surface area contributed by atoms with Crippen molar-refractivity contribution in [2.75, 3.05) is 13.1 Å². The van der Waals surface area contributed by atoms with Gasteiger partial charge in [0.25, 0.3) is 0 Å². The normalized spacial score (nSPS) is 19.5. The van der Waals surface area contributed by atoms with Crippen molar-refractivity contribution in [2.24, 2.45) is 0 Å². The van der Waals surface area contributed by atoms with E-state index in [-0.39, 0.29) is 24.1 Å². The number of piperidine rings is 1. The Morgan fingerprint density at radius 2 is 1.74 bits per heavy atom. The van der Waals surface area contributed by atoms with E-state index in [1.807, 2.05) is 65.8 Å². The molecule has 1 atom stereocenters. The standard InChI is InChI=1S/C26H34N4O5/c1-25(2,3)30-20-15-17(16-11-13-28(14-12-16)24(34)35-26(4,5)6)7-8-18(20)29(23(30)33)19-9-10-21(31)27-22(19)32/h7-8,11,15,19H,9-10,12-14H2,1-6H3,(H,27,31,32). The van der Waals surface area contributed by atoms with Crippen LogP contribution in [0.3, 0.4) is 0 Å². The number of nitrogens with one attached hydrogen (secondary N) is 1. The number of nitrogens with zero attached hydrogens (tertiary/aromatic N) is 3. The Bertz CT molecular complexity index is 1290. The number of hydrogen-bond acceptors (Lipinski definition) is 5. The summed E-state index contributed by atoms with van der Waals surface area (Å²) < 4.78 is 8.71. The summed E-state index contributed by atoms with van der Waals surface area (Å²) in [5.41, 5.74) is 2.13. The highest BCUT2D eigenvalue weighted by Crippen LogP contribution is 2.31. The molecule has 2 aliphatic heterocycles. The largest absolute Gasteiger partial charge is 0.444 e. The number of aromatic nitrogens is 2. The first-order valence-electron chi connectivity index (χ1n) is 12.0. The molecule has 1 aromatic carbocycles. The van der Waals surface area contributed by atoms with Crippen molar-refractivity contribution in [3.05, 3.63) is 40.3 Å². The molecular formula is C26H34N4O5. The minimum Gasteiger partial charge on any atom is -0.444 e. The highest BCUT2D eigenvalue weighted by atomic mass is 16.6. The Balaban J connectivity index is 1.71. The van der Waals surface area contributed by atoms with E-state index in [2.05, 4.69) is 5.32 Å². The van der Waals surface area contributed by atoms with Gasteiger partial charge in [0, 0.05) is 25.0 Å². The van der Waals surface area contributed by atoms with E-state index in [1.54, 1.807) is 9.47 Å². The van der Waals surface area contributed by atoms with E-state index in [0.29, 0.717) is 31.4 Å². The van der Waals surface area contributed by atoms with Crippen LogP contribution in [0.15, 0.2) is 29.1 Å². The smallest absolute Gasteiger partial charge is 0.410 e. The van der Waals surface area contributed by atoms with Crippen molar-refractivity contribution in [1.29, 1.82) is 0 Å². The number of amides is 3. The Morgan fingerprint density at radius 3 is 2.31 bits per heavy atom. The fourth-order valence-corrected chi connectivity index (χ4v) is 4.72. The molecule has 2 aromatic rings. The second kappa shape index (κ2) is 8.70. The number of imide groups is 1. The molecule has 1 unspecified atom stereocenters. The highest BCUT2D eigenvalue weighted by molar-refractivity contribution is 6.00. The monoisotopic (exact) mass is 482 g/mol. The molecule has 2 aliphatic rings. The first-order valence-corrected chi connectivity index (χ1v) is 12.0. The Morgan fingerprint density at radius 1 is 1.03 bits per heavy atom. The van der Waals surface area contributed by atoms with E-state index < -0.39 is 23.1 Å². The maximum absolute atomic E-state index is 13.6. The lowest BCUT2D eigenvalue weighted by Crippen LogP contribution is -2.45. The molecule has 0 bridgehead atoms. The molecule has 4 rings (SSSR count). The zero-order valence-electron chi connectivity index (χ0n) is 21.3. The number of rotatable bonds is 2. The third kappa shape index (κ3) is 4.90.